The summed E-state index contributed by atoms with van der Waals surface area (Å²) in [6.07, 6.45) is 6.27. The molecule has 16 heteroatoms. The molecule has 4 aliphatic heterocycles. The summed E-state index contributed by atoms with van der Waals surface area (Å²) in [6, 6.07) is 15.7. The largest absolute Gasteiger partial charge is 0.489 e. The van der Waals surface area contributed by atoms with E-state index in [2.05, 4.69) is 69.4 Å². The van der Waals surface area contributed by atoms with Crippen molar-refractivity contribution in [2.75, 3.05) is 55.6 Å². The number of benzene rings is 2. The van der Waals surface area contributed by atoms with E-state index in [0.717, 1.165) is 87.7 Å². The first kappa shape index (κ1) is 41.7. The van der Waals surface area contributed by atoms with E-state index in [1.165, 1.54) is 0 Å². The van der Waals surface area contributed by atoms with Crippen molar-refractivity contribution in [1.29, 1.82) is 5.26 Å². The first-order valence-electron chi connectivity index (χ1n) is 21.7. The number of fused-ring (bicyclic) bond motifs is 1. The predicted molar refractivity (Wildman–Crippen MR) is 234 cm³/mol. The zero-order chi connectivity index (χ0) is 43.6. The van der Waals surface area contributed by atoms with Gasteiger partial charge < -0.3 is 24.8 Å². The summed E-state index contributed by atoms with van der Waals surface area (Å²) in [4.78, 5) is 63.0. The average molecular weight is 861 g/mol. The van der Waals surface area contributed by atoms with Gasteiger partial charge in [0.1, 0.15) is 35.3 Å². The summed E-state index contributed by atoms with van der Waals surface area (Å²) < 4.78 is 7.50. The molecule has 324 valence electrons. The first-order chi connectivity index (χ1) is 29.6. The molecule has 4 saturated heterocycles. The van der Waals surface area contributed by atoms with Gasteiger partial charge in [0.25, 0.3) is 17.4 Å². The highest BCUT2D eigenvalue weighted by molar-refractivity contribution is 6.31. The molecule has 2 N–H and O–H groups in total. The van der Waals surface area contributed by atoms with E-state index >= 15 is 0 Å². The number of nitrogens with one attached hydrogen (secondary N) is 2. The lowest BCUT2D eigenvalue weighted by molar-refractivity contribution is -0.164. The van der Waals surface area contributed by atoms with Gasteiger partial charge in [-0.2, -0.15) is 9.94 Å². The van der Waals surface area contributed by atoms with Crippen LogP contribution in [0, 0.1) is 33.5 Å². The van der Waals surface area contributed by atoms with Crippen molar-refractivity contribution < 1.29 is 19.1 Å². The quantitative estimate of drug-likeness (QED) is 0.213. The maximum absolute atomic E-state index is 13.5. The van der Waals surface area contributed by atoms with Gasteiger partial charge >= 0.3 is 0 Å². The van der Waals surface area contributed by atoms with Crippen molar-refractivity contribution in [3.63, 3.8) is 0 Å². The van der Waals surface area contributed by atoms with Gasteiger partial charge in [0.2, 0.25) is 5.91 Å². The van der Waals surface area contributed by atoms with E-state index in [-0.39, 0.29) is 53.2 Å². The molecule has 1 saturated carbocycles. The molecule has 62 heavy (non-hydrogen) atoms. The summed E-state index contributed by atoms with van der Waals surface area (Å²) in [5, 5.41) is 23.8. The van der Waals surface area contributed by atoms with E-state index in [1.807, 2.05) is 30.3 Å². The number of halogens is 1. The number of likely N-dealkylation sites (tertiary alicyclic amines) is 1. The van der Waals surface area contributed by atoms with E-state index in [4.69, 9.17) is 21.3 Å². The van der Waals surface area contributed by atoms with Crippen LogP contribution in [-0.2, 0) is 9.59 Å². The lowest BCUT2D eigenvalue weighted by Crippen LogP contribution is -2.74. The number of aromatic nitrogens is 4. The predicted octanol–water partition coefficient (Wildman–Crippen LogP) is 5.12. The van der Waals surface area contributed by atoms with Crippen molar-refractivity contribution in [2.45, 2.75) is 84.4 Å². The highest BCUT2D eigenvalue weighted by atomic mass is 35.5. The molecule has 3 amide bonds. The van der Waals surface area contributed by atoms with Crippen LogP contribution in [0.3, 0.4) is 0 Å². The van der Waals surface area contributed by atoms with Crippen LogP contribution in [0.4, 0.5) is 11.5 Å². The Balaban J connectivity index is 0.722. The minimum atomic E-state index is -0.846. The Morgan fingerprint density at radius 3 is 2.35 bits per heavy atom. The number of amides is 3. The van der Waals surface area contributed by atoms with E-state index in [9.17, 15) is 24.4 Å². The fraction of sp³-hybridized carbons (Fsp3) is 0.522. The third kappa shape index (κ3) is 7.65. The zero-order valence-electron chi connectivity index (χ0n) is 35.7. The second-order valence-corrected chi connectivity index (χ2v) is 19.7. The number of carbonyl (C=O) groups excluding carboxylic acids is 3. The van der Waals surface area contributed by atoms with Crippen LogP contribution in [0.5, 0.6) is 5.75 Å². The molecular formula is C46H53ClN10O5. The van der Waals surface area contributed by atoms with Crippen molar-refractivity contribution >= 4 is 51.7 Å². The monoisotopic (exact) mass is 860 g/mol. The normalized spacial score (nSPS) is 24.5. The Morgan fingerprint density at radius 1 is 0.952 bits per heavy atom. The summed E-state index contributed by atoms with van der Waals surface area (Å²) >= 11 is 6.26. The number of rotatable bonds is 9. The third-order valence-corrected chi connectivity index (χ3v) is 14.7. The minimum absolute atomic E-state index is 0.139. The van der Waals surface area contributed by atoms with Crippen molar-refractivity contribution in [3.05, 3.63) is 81.2 Å². The van der Waals surface area contributed by atoms with Gasteiger partial charge in [-0.1, -0.05) is 44.5 Å². The third-order valence-electron chi connectivity index (χ3n) is 14.4. The van der Waals surface area contributed by atoms with Crippen LogP contribution in [-0.4, -0.2) is 101 Å². The Hall–Kier alpha value is -5.59. The number of nitriles is 1. The fourth-order valence-electron chi connectivity index (χ4n) is 11.2. The number of anilines is 2. The molecule has 1 atom stereocenters. The van der Waals surface area contributed by atoms with Crippen LogP contribution in [0.15, 0.2) is 59.5 Å². The van der Waals surface area contributed by atoms with Gasteiger partial charge in [-0.25, -0.2) is 4.98 Å². The second kappa shape index (κ2) is 16.0. The number of hydrogen-bond acceptors (Lipinski definition) is 12. The lowest BCUT2D eigenvalue weighted by atomic mass is 9.49. The number of ether oxygens (including phenoxy) is 1. The molecule has 15 nitrogen and oxygen atoms in total. The molecule has 5 aliphatic rings. The van der Waals surface area contributed by atoms with Crippen LogP contribution in [0.2, 0.25) is 5.02 Å². The lowest BCUT2D eigenvalue weighted by Gasteiger charge is -2.63. The maximum Gasteiger partial charge on any atom is 0.278 e. The van der Waals surface area contributed by atoms with Gasteiger partial charge in [-0.3, -0.25) is 24.5 Å². The van der Waals surface area contributed by atoms with Crippen LogP contribution < -0.4 is 30.7 Å². The highest BCUT2D eigenvalue weighted by Gasteiger charge is 2.64. The Labute approximate surface area is 365 Å². The first-order valence-corrected chi connectivity index (χ1v) is 22.1. The number of piperidine rings is 3. The topological polar surface area (TPSA) is 179 Å². The second-order valence-electron chi connectivity index (χ2n) is 19.3. The number of imide groups is 1. The Morgan fingerprint density at radius 2 is 1.69 bits per heavy atom. The molecule has 0 radical (unpaired) electrons. The standard InChI is InChI=1S/C46H53ClN10O5/c1-44(2)42(45(3,4)43(44)62-32-8-5-29(23-48)34(47)22-32)51-39(59)30-6-11-37(49-24-30)56-17-13-28(14-18-56)25-54-26-46(27-54)15-19-55(20-16-46)31-7-9-35-33(21-31)41(61)57(53-52-35)36-10-12-38(58)50-40(36)60/h5-9,11,21-22,24,28,36,42-43H,10,12-20,25-27H2,1-4H3,(H,51,59)(H,50,58,60)/t36?,42-,43-. The summed E-state index contributed by atoms with van der Waals surface area (Å²) in [5.41, 5.74) is 1.62. The van der Waals surface area contributed by atoms with Gasteiger partial charge in [-0.15, -0.1) is 5.10 Å². The van der Waals surface area contributed by atoms with Gasteiger partial charge in [-0.05, 0) is 85.9 Å². The molecule has 0 bridgehead atoms. The number of nitrogens with zero attached hydrogens (tertiary/aromatic N) is 8. The van der Waals surface area contributed by atoms with Crippen molar-refractivity contribution in [2.24, 2.45) is 22.2 Å². The van der Waals surface area contributed by atoms with Gasteiger partial charge in [0.05, 0.1) is 21.5 Å². The molecule has 4 aromatic rings. The SMILES string of the molecule is CC1(C)[C@H](NC(=O)c2ccc(N3CCC(CN4CC5(CCN(c6ccc7nnn(C8CCC(=O)NC8=O)c(=O)c7c6)CC5)C4)CC3)nc2)C(C)(C)[C@H]1Oc1ccc(C#N)c(Cl)c1. The van der Waals surface area contributed by atoms with E-state index in [0.29, 0.717) is 44.1 Å². The van der Waals surface area contributed by atoms with E-state index < -0.39 is 11.9 Å². The maximum atomic E-state index is 13.5. The molecule has 1 spiro atoms. The number of pyridine rings is 1. The minimum Gasteiger partial charge on any atom is -0.489 e. The Kier molecular flexibility index (Phi) is 10.7. The summed E-state index contributed by atoms with van der Waals surface area (Å²) in [7, 11) is 0. The number of carbonyl (C=O) groups is 3. The zero-order valence-corrected chi connectivity index (χ0v) is 36.5. The molecular weight excluding hydrogens is 808 g/mol. The Bertz CT molecular complexity index is 2500. The molecule has 6 heterocycles. The summed E-state index contributed by atoms with van der Waals surface area (Å²) in [6.45, 7) is 15.4. The summed E-state index contributed by atoms with van der Waals surface area (Å²) in [5.74, 6) is 1.11. The highest BCUT2D eigenvalue weighted by Crippen LogP contribution is 2.55. The van der Waals surface area contributed by atoms with Crippen LogP contribution >= 0.6 is 11.6 Å². The van der Waals surface area contributed by atoms with E-state index in [1.54, 1.807) is 24.4 Å². The number of hydrogen-bond donors (Lipinski definition) is 2. The fourth-order valence-corrected chi connectivity index (χ4v) is 11.4. The van der Waals surface area contributed by atoms with Crippen molar-refractivity contribution in [1.82, 2.24) is 35.5 Å². The van der Waals surface area contributed by atoms with Crippen LogP contribution in [0.1, 0.15) is 88.2 Å². The van der Waals surface area contributed by atoms with Crippen LogP contribution in [0.25, 0.3) is 10.9 Å². The van der Waals surface area contributed by atoms with Gasteiger partial charge in [0.15, 0.2) is 0 Å². The smallest absolute Gasteiger partial charge is 0.278 e. The average Bonchev–Trinajstić information content (AvgIpc) is 3.25. The molecule has 2 aromatic heterocycles. The molecule has 9 rings (SSSR count). The van der Waals surface area contributed by atoms with Gasteiger partial charge in [0, 0.05) is 87.1 Å². The molecule has 2 aromatic carbocycles. The molecule has 1 aliphatic carbocycles. The molecule has 5 fully saturated rings. The molecule has 1 unspecified atom stereocenters. The van der Waals surface area contributed by atoms with Crippen molar-refractivity contribution in [3.8, 4) is 11.8 Å².